The molecule has 0 amide bonds. The smallest absolute Gasteiger partial charge is 0.307 e. The van der Waals surface area contributed by atoms with Crippen LogP contribution in [-0.2, 0) is 9.53 Å². The third kappa shape index (κ3) is 3.56. The van der Waals surface area contributed by atoms with Gasteiger partial charge in [-0.2, -0.15) is 0 Å². The summed E-state index contributed by atoms with van der Waals surface area (Å²) < 4.78 is 4.49. The maximum Gasteiger partial charge on any atom is 0.307 e. The highest BCUT2D eigenvalue weighted by molar-refractivity contribution is 6.35. The van der Waals surface area contributed by atoms with Crippen LogP contribution in [0.1, 0.15) is 27.9 Å². The molecular weight excluding hydrogens is 240 g/mol. The van der Waals surface area contributed by atoms with E-state index in [1.165, 1.54) is 7.11 Å². The number of halogens is 1. The fourth-order valence-corrected chi connectivity index (χ4v) is 1.74. The number of methoxy groups -OCH3 is 1. The molecule has 1 aromatic rings. The minimum absolute atomic E-state index is 0.107. The molecule has 92 valence electrons. The topological polar surface area (TPSA) is 43.4 Å². The van der Waals surface area contributed by atoms with Crippen molar-refractivity contribution in [1.82, 2.24) is 0 Å². The molecule has 0 aliphatic carbocycles. The first-order chi connectivity index (χ1) is 7.95. The molecule has 17 heavy (non-hydrogen) atoms. The third-order valence-electron chi connectivity index (χ3n) is 2.52. The molecule has 3 nitrogen and oxygen atoms in total. The number of alkyl halides is 1. The maximum absolute atomic E-state index is 12.0. The predicted octanol–water partition coefficient (Wildman–Crippen LogP) is 2.66. The molecule has 1 rings (SSSR count). The van der Waals surface area contributed by atoms with Gasteiger partial charge in [0.05, 0.1) is 13.5 Å². The van der Waals surface area contributed by atoms with Gasteiger partial charge in [-0.05, 0) is 25.5 Å². The largest absolute Gasteiger partial charge is 0.469 e. The highest BCUT2D eigenvalue weighted by Crippen LogP contribution is 2.17. The van der Waals surface area contributed by atoms with Gasteiger partial charge < -0.3 is 4.74 Å². The van der Waals surface area contributed by atoms with E-state index < -0.39 is 11.3 Å². The van der Waals surface area contributed by atoms with Gasteiger partial charge in [-0.15, -0.1) is 11.6 Å². The quantitative estimate of drug-likeness (QED) is 0.471. The van der Waals surface area contributed by atoms with Crippen LogP contribution in [0.25, 0.3) is 0 Å². The molecule has 0 aliphatic rings. The maximum atomic E-state index is 12.0. The molecule has 0 spiro atoms. The van der Waals surface area contributed by atoms with Gasteiger partial charge in [0, 0.05) is 5.56 Å². The zero-order chi connectivity index (χ0) is 13.0. The summed E-state index contributed by atoms with van der Waals surface area (Å²) in [4.78, 5) is 23.1. The highest BCUT2D eigenvalue weighted by atomic mass is 35.5. The van der Waals surface area contributed by atoms with E-state index in [0.29, 0.717) is 5.56 Å². The monoisotopic (exact) mass is 254 g/mol. The fraction of sp³-hybridized carbons (Fsp3) is 0.385. The van der Waals surface area contributed by atoms with Crippen molar-refractivity contribution < 1.29 is 14.3 Å². The molecule has 0 saturated heterocycles. The van der Waals surface area contributed by atoms with Crippen molar-refractivity contribution in [2.45, 2.75) is 25.6 Å². The van der Waals surface area contributed by atoms with E-state index in [1.54, 1.807) is 6.07 Å². The molecule has 4 heteroatoms. The van der Waals surface area contributed by atoms with Crippen LogP contribution in [0.4, 0.5) is 0 Å². The van der Waals surface area contributed by atoms with E-state index >= 15 is 0 Å². The van der Waals surface area contributed by atoms with E-state index in [4.69, 9.17) is 11.6 Å². The lowest BCUT2D eigenvalue weighted by molar-refractivity contribution is -0.140. The van der Waals surface area contributed by atoms with Crippen LogP contribution in [0.5, 0.6) is 0 Å². The summed E-state index contributed by atoms with van der Waals surface area (Å²) in [6.07, 6.45) is -0.107. The molecule has 0 aromatic heterocycles. The number of esters is 1. The van der Waals surface area contributed by atoms with Crippen molar-refractivity contribution in [3.63, 3.8) is 0 Å². The average Bonchev–Trinajstić information content (AvgIpc) is 2.31. The summed E-state index contributed by atoms with van der Waals surface area (Å²) in [6.45, 7) is 3.74. The zero-order valence-electron chi connectivity index (χ0n) is 10.1. The second-order valence-electron chi connectivity index (χ2n) is 3.93. The van der Waals surface area contributed by atoms with Gasteiger partial charge in [-0.1, -0.05) is 17.7 Å². The molecule has 0 fully saturated rings. The first kappa shape index (κ1) is 13.7. The van der Waals surface area contributed by atoms with Gasteiger partial charge >= 0.3 is 5.97 Å². The number of rotatable bonds is 4. The number of benzene rings is 1. The normalized spacial score (nSPS) is 12.0. The predicted molar refractivity (Wildman–Crippen MR) is 66.5 cm³/mol. The van der Waals surface area contributed by atoms with Crippen LogP contribution in [0, 0.1) is 13.8 Å². The second kappa shape index (κ2) is 5.82. The standard InChI is InChI=1S/C13H15ClO3/c1-8-4-5-9(2)10(6-8)13(16)11(14)7-12(15)17-3/h4-6,11H,7H2,1-3H3. The molecule has 0 N–H and O–H groups in total. The Morgan fingerprint density at radius 1 is 1.35 bits per heavy atom. The number of carbonyl (C=O) groups excluding carboxylic acids is 2. The van der Waals surface area contributed by atoms with Gasteiger partial charge in [0.25, 0.3) is 0 Å². The van der Waals surface area contributed by atoms with Crippen LogP contribution in [0.2, 0.25) is 0 Å². The summed E-state index contributed by atoms with van der Waals surface area (Å²) in [5.74, 6) is -0.720. The van der Waals surface area contributed by atoms with Crippen LogP contribution in [0.15, 0.2) is 18.2 Å². The average molecular weight is 255 g/mol. The summed E-state index contributed by atoms with van der Waals surface area (Å²) >= 11 is 5.91. The first-order valence-corrected chi connectivity index (χ1v) is 5.71. The molecule has 0 heterocycles. The molecule has 0 saturated carbocycles. The van der Waals surface area contributed by atoms with E-state index in [9.17, 15) is 9.59 Å². The number of ether oxygens (including phenoxy) is 1. The number of aryl methyl sites for hydroxylation is 2. The Balaban J connectivity index is 2.88. The van der Waals surface area contributed by atoms with Gasteiger partial charge in [-0.25, -0.2) is 0 Å². The Morgan fingerprint density at radius 3 is 2.59 bits per heavy atom. The molecular formula is C13H15ClO3. The van der Waals surface area contributed by atoms with Crippen LogP contribution in [-0.4, -0.2) is 24.2 Å². The minimum Gasteiger partial charge on any atom is -0.469 e. The summed E-state index contributed by atoms with van der Waals surface area (Å²) in [7, 11) is 1.27. The first-order valence-electron chi connectivity index (χ1n) is 5.28. The Bertz CT molecular complexity index is 440. The molecule has 1 atom stereocenters. The van der Waals surface area contributed by atoms with Gasteiger partial charge in [0.1, 0.15) is 5.38 Å². The van der Waals surface area contributed by atoms with E-state index in [2.05, 4.69) is 4.74 Å². The Labute approximate surface area is 106 Å². The molecule has 0 aliphatic heterocycles. The van der Waals surface area contributed by atoms with Gasteiger partial charge in [0.2, 0.25) is 0 Å². The van der Waals surface area contributed by atoms with Crippen LogP contribution in [0.3, 0.4) is 0 Å². The van der Waals surface area contributed by atoms with Crippen LogP contribution >= 0.6 is 11.6 Å². The Hall–Kier alpha value is -1.35. The number of ketones is 1. The van der Waals surface area contributed by atoms with Crippen molar-refractivity contribution in [1.29, 1.82) is 0 Å². The van der Waals surface area contributed by atoms with Gasteiger partial charge in [0.15, 0.2) is 5.78 Å². The lowest BCUT2D eigenvalue weighted by Crippen LogP contribution is -2.20. The summed E-state index contributed by atoms with van der Waals surface area (Å²) in [5, 5.41) is -0.872. The highest BCUT2D eigenvalue weighted by Gasteiger charge is 2.22. The molecule has 1 aromatic carbocycles. The van der Waals surface area contributed by atoms with Crippen LogP contribution < -0.4 is 0 Å². The van der Waals surface area contributed by atoms with E-state index in [-0.39, 0.29) is 12.2 Å². The van der Waals surface area contributed by atoms with Crippen molar-refractivity contribution in [2.75, 3.05) is 7.11 Å². The summed E-state index contributed by atoms with van der Waals surface area (Å²) in [6, 6.07) is 5.57. The van der Waals surface area contributed by atoms with Crippen molar-refractivity contribution in [2.24, 2.45) is 0 Å². The number of carbonyl (C=O) groups is 2. The van der Waals surface area contributed by atoms with E-state index in [0.717, 1.165) is 11.1 Å². The molecule has 0 bridgehead atoms. The van der Waals surface area contributed by atoms with Crippen molar-refractivity contribution in [3.8, 4) is 0 Å². The zero-order valence-corrected chi connectivity index (χ0v) is 10.9. The van der Waals surface area contributed by atoms with Gasteiger partial charge in [-0.3, -0.25) is 9.59 Å². The number of hydrogen-bond acceptors (Lipinski definition) is 3. The minimum atomic E-state index is -0.872. The number of hydrogen-bond donors (Lipinski definition) is 0. The van der Waals surface area contributed by atoms with E-state index in [1.807, 2.05) is 26.0 Å². The second-order valence-corrected chi connectivity index (χ2v) is 4.46. The molecule has 0 radical (unpaired) electrons. The lowest BCUT2D eigenvalue weighted by Gasteiger charge is -2.10. The Kier molecular flexibility index (Phi) is 4.70. The summed E-state index contributed by atoms with van der Waals surface area (Å²) in [5.41, 5.74) is 2.41. The molecule has 1 unspecified atom stereocenters. The number of Topliss-reactive ketones (excluding diaryl/α,β-unsaturated/α-hetero) is 1. The van der Waals surface area contributed by atoms with Crippen molar-refractivity contribution in [3.05, 3.63) is 34.9 Å². The third-order valence-corrected chi connectivity index (χ3v) is 2.87. The Morgan fingerprint density at radius 2 is 2.00 bits per heavy atom. The lowest BCUT2D eigenvalue weighted by atomic mass is 9.99. The fourth-order valence-electron chi connectivity index (χ4n) is 1.49. The SMILES string of the molecule is COC(=O)CC(Cl)C(=O)c1cc(C)ccc1C. The van der Waals surface area contributed by atoms with Crippen molar-refractivity contribution >= 4 is 23.4 Å².